The average Bonchev–Trinajstić information content (AvgIpc) is 2.33. The Hall–Kier alpha value is 0.287. The molecule has 0 saturated heterocycles. The van der Waals surface area contributed by atoms with Gasteiger partial charge in [-0.1, -0.05) is 13.0 Å². The lowest BCUT2D eigenvalue weighted by Gasteiger charge is -2.15. The van der Waals surface area contributed by atoms with E-state index in [1.807, 2.05) is 0 Å². The van der Waals surface area contributed by atoms with Crippen molar-refractivity contribution in [2.24, 2.45) is 0 Å². The SMILES string of the molecule is CCP(=O)(OC)OCCC[SiH2]C(OC)OC. The Kier molecular flexibility index (Phi) is 9.50. The van der Waals surface area contributed by atoms with Crippen LogP contribution in [0.4, 0.5) is 0 Å². The second-order valence-electron chi connectivity index (χ2n) is 3.34. The first kappa shape index (κ1) is 16.3. The van der Waals surface area contributed by atoms with Gasteiger partial charge in [0.05, 0.1) is 16.1 Å². The Balaban J connectivity index is 3.56. The van der Waals surface area contributed by atoms with E-state index in [1.165, 1.54) is 7.11 Å². The molecule has 0 fully saturated rings. The molecule has 16 heavy (non-hydrogen) atoms. The van der Waals surface area contributed by atoms with Crippen LogP contribution in [-0.4, -0.2) is 49.5 Å². The van der Waals surface area contributed by atoms with E-state index >= 15 is 0 Å². The van der Waals surface area contributed by atoms with Gasteiger partial charge in [0.15, 0.2) is 0 Å². The maximum Gasteiger partial charge on any atom is 0.330 e. The number of rotatable bonds is 10. The van der Waals surface area contributed by atoms with Gasteiger partial charge in [0.25, 0.3) is 0 Å². The Bertz CT molecular complexity index is 202. The summed E-state index contributed by atoms with van der Waals surface area (Å²) >= 11 is 0. The van der Waals surface area contributed by atoms with E-state index < -0.39 is 17.1 Å². The highest BCUT2D eigenvalue weighted by molar-refractivity contribution is 7.53. The van der Waals surface area contributed by atoms with Crippen molar-refractivity contribution in [1.82, 2.24) is 0 Å². The van der Waals surface area contributed by atoms with Crippen LogP contribution >= 0.6 is 7.60 Å². The molecule has 0 N–H and O–H groups in total. The standard InChI is InChI=1S/C9H23O5PSi/c1-5-15(10,13-4)14-7-6-8-16-9(11-2)12-3/h9H,5-8,16H2,1-4H3. The van der Waals surface area contributed by atoms with Crippen molar-refractivity contribution in [3.05, 3.63) is 0 Å². The molecule has 7 heteroatoms. The zero-order valence-electron chi connectivity index (χ0n) is 10.6. The van der Waals surface area contributed by atoms with Crippen LogP contribution in [0.5, 0.6) is 0 Å². The number of methoxy groups -OCH3 is 2. The summed E-state index contributed by atoms with van der Waals surface area (Å²) in [6.45, 7) is 2.27. The Morgan fingerprint density at radius 2 is 1.88 bits per heavy atom. The molecule has 1 atom stereocenters. The third kappa shape index (κ3) is 6.78. The van der Waals surface area contributed by atoms with Gasteiger partial charge in [-0.2, -0.15) is 0 Å². The van der Waals surface area contributed by atoms with Crippen LogP contribution in [0.25, 0.3) is 0 Å². The fourth-order valence-electron chi connectivity index (χ4n) is 1.22. The third-order valence-corrected chi connectivity index (χ3v) is 6.27. The van der Waals surface area contributed by atoms with Crippen LogP contribution in [0.15, 0.2) is 0 Å². The summed E-state index contributed by atoms with van der Waals surface area (Å²) in [5.41, 5.74) is 0. The lowest BCUT2D eigenvalue weighted by molar-refractivity contribution is -0.0441. The van der Waals surface area contributed by atoms with E-state index in [9.17, 15) is 4.57 Å². The second-order valence-corrected chi connectivity index (χ2v) is 7.77. The first-order valence-corrected chi connectivity index (χ1v) is 9.01. The van der Waals surface area contributed by atoms with E-state index in [-0.39, 0.29) is 5.91 Å². The van der Waals surface area contributed by atoms with Gasteiger partial charge in [-0.05, 0) is 6.42 Å². The van der Waals surface area contributed by atoms with Gasteiger partial charge >= 0.3 is 7.60 Å². The predicted octanol–water partition coefficient (Wildman–Crippen LogP) is 1.42. The van der Waals surface area contributed by atoms with Crippen molar-refractivity contribution in [1.29, 1.82) is 0 Å². The lowest BCUT2D eigenvalue weighted by atomic mass is 10.5. The maximum absolute atomic E-state index is 11.7. The number of hydrogen-bond acceptors (Lipinski definition) is 5. The Morgan fingerprint density at radius 1 is 1.25 bits per heavy atom. The summed E-state index contributed by atoms with van der Waals surface area (Å²) in [7, 11) is 1.50. The lowest BCUT2D eigenvalue weighted by Crippen LogP contribution is -2.21. The highest BCUT2D eigenvalue weighted by atomic mass is 31.2. The molecule has 98 valence electrons. The van der Waals surface area contributed by atoms with E-state index in [0.717, 1.165) is 12.5 Å². The predicted molar refractivity (Wildman–Crippen MR) is 66.9 cm³/mol. The van der Waals surface area contributed by atoms with Crippen LogP contribution in [-0.2, 0) is 23.1 Å². The van der Waals surface area contributed by atoms with Crippen molar-refractivity contribution < 1.29 is 23.1 Å². The molecule has 0 aromatic heterocycles. The van der Waals surface area contributed by atoms with Crippen LogP contribution in [0, 0.1) is 0 Å². The zero-order chi connectivity index (χ0) is 12.4. The quantitative estimate of drug-likeness (QED) is 0.260. The Morgan fingerprint density at radius 3 is 2.31 bits per heavy atom. The number of ether oxygens (including phenoxy) is 2. The summed E-state index contributed by atoms with van der Waals surface area (Å²) in [6, 6.07) is 1.04. The van der Waals surface area contributed by atoms with Gasteiger partial charge in [-0.3, -0.25) is 4.57 Å². The van der Waals surface area contributed by atoms with Gasteiger partial charge in [0.1, 0.15) is 5.91 Å². The largest absolute Gasteiger partial charge is 0.360 e. The van der Waals surface area contributed by atoms with E-state index in [4.69, 9.17) is 18.5 Å². The smallest absolute Gasteiger partial charge is 0.330 e. The zero-order valence-corrected chi connectivity index (χ0v) is 12.9. The van der Waals surface area contributed by atoms with Crippen LogP contribution in [0.3, 0.4) is 0 Å². The summed E-state index contributed by atoms with van der Waals surface area (Å²) in [5.74, 6) is -0.0274. The first-order valence-electron chi connectivity index (χ1n) is 5.46. The molecule has 0 rings (SSSR count). The highest BCUT2D eigenvalue weighted by Crippen LogP contribution is 2.46. The topological polar surface area (TPSA) is 54.0 Å². The minimum atomic E-state index is -2.81. The molecule has 0 aliphatic heterocycles. The second kappa shape index (κ2) is 9.33. The summed E-state index contributed by atoms with van der Waals surface area (Å²) in [6.07, 6.45) is 1.29. The molecule has 0 aromatic carbocycles. The fourth-order valence-corrected chi connectivity index (χ4v) is 3.47. The van der Waals surface area contributed by atoms with Crippen LogP contribution in [0.1, 0.15) is 13.3 Å². The molecule has 0 aliphatic carbocycles. The molecule has 5 nitrogen and oxygen atoms in total. The molecule has 0 aromatic rings. The van der Waals surface area contributed by atoms with Gasteiger partial charge in [0.2, 0.25) is 0 Å². The monoisotopic (exact) mass is 270 g/mol. The van der Waals surface area contributed by atoms with Gasteiger partial charge in [-0.15, -0.1) is 0 Å². The van der Waals surface area contributed by atoms with Crippen molar-refractivity contribution in [3.63, 3.8) is 0 Å². The summed E-state index contributed by atoms with van der Waals surface area (Å²) in [4.78, 5) is 0. The molecule has 0 saturated carbocycles. The highest BCUT2D eigenvalue weighted by Gasteiger charge is 2.19. The molecule has 0 bridgehead atoms. The number of hydrogen-bond donors (Lipinski definition) is 0. The molecule has 0 spiro atoms. The minimum absolute atomic E-state index is 0.0274. The molecule has 1 unspecified atom stereocenters. The normalized spacial score (nSPS) is 16.1. The van der Waals surface area contributed by atoms with Crippen molar-refractivity contribution in [2.45, 2.75) is 25.3 Å². The molecular weight excluding hydrogens is 247 g/mol. The molecule has 0 radical (unpaired) electrons. The van der Waals surface area contributed by atoms with Crippen LogP contribution < -0.4 is 0 Å². The summed E-state index contributed by atoms with van der Waals surface area (Å²) < 4.78 is 32.0. The molecular formula is C9H23O5PSi. The van der Waals surface area contributed by atoms with Gasteiger partial charge < -0.3 is 18.5 Å². The van der Waals surface area contributed by atoms with Gasteiger partial charge in [0, 0.05) is 27.5 Å². The maximum atomic E-state index is 11.7. The van der Waals surface area contributed by atoms with Crippen LogP contribution in [0.2, 0.25) is 6.04 Å². The average molecular weight is 270 g/mol. The Labute approximate surface area is 100 Å². The summed E-state index contributed by atoms with van der Waals surface area (Å²) in [5, 5.41) is 0. The van der Waals surface area contributed by atoms with Crippen molar-refractivity contribution in [3.8, 4) is 0 Å². The molecule has 0 aliphatic rings. The van der Waals surface area contributed by atoms with Crippen molar-refractivity contribution >= 4 is 17.1 Å². The van der Waals surface area contributed by atoms with Gasteiger partial charge in [-0.25, -0.2) is 0 Å². The third-order valence-electron chi connectivity index (χ3n) is 2.31. The first-order chi connectivity index (χ1) is 7.61. The van der Waals surface area contributed by atoms with E-state index in [2.05, 4.69) is 0 Å². The van der Waals surface area contributed by atoms with Crippen molar-refractivity contribution in [2.75, 3.05) is 34.1 Å². The van der Waals surface area contributed by atoms with E-state index in [1.54, 1.807) is 21.1 Å². The fraction of sp³-hybridized carbons (Fsp3) is 1.00. The molecule has 0 amide bonds. The van der Waals surface area contributed by atoms with E-state index in [0.29, 0.717) is 12.8 Å². The minimum Gasteiger partial charge on any atom is -0.360 e. The molecule has 0 heterocycles.